The van der Waals surface area contributed by atoms with Crippen LogP contribution in [0.15, 0.2) is 67.1 Å². The van der Waals surface area contributed by atoms with Gasteiger partial charge in [0.1, 0.15) is 5.82 Å². The molecule has 0 bridgehead atoms. The lowest BCUT2D eigenvalue weighted by Gasteiger charge is -2.07. The Hall–Kier alpha value is -4.58. The summed E-state index contributed by atoms with van der Waals surface area (Å²) in [5.41, 5.74) is 4.20. The summed E-state index contributed by atoms with van der Waals surface area (Å²) in [6.07, 6.45) is 5.28. The minimum atomic E-state index is 0.390. The van der Waals surface area contributed by atoms with Crippen LogP contribution in [0, 0.1) is 11.3 Å². The van der Waals surface area contributed by atoms with Crippen molar-refractivity contribution in [3.63, 3.8) is 0 Å². The molecule has 30 heavy (non-hydrogen) atoms. The first-order chi connectivity index (χ1) is 14.7. The summed E-state index contributed by atoms with van der Waals surface area (Å²) in [4.78, 5) is 13.3. The first-order valence-electron chi connectivity index (χ1n) is 9.15. The number of nitriles is 1. The molecule has 0 saturated heterocycles. The van der Waals surface area contributed by atoms with Crippen LogP contribution in [-0.2, 0) is 7.05 Å². The highest BCUT2D eigenvalue weighted by atomic mass is 15.4. The smallest absolute Gasteiger partial charge is 0.229 e. The van der Waals surface area contributed by atoms with Gasteiger partial charge in [-0.25, -0.2) is 9.97 Å². The topological polar surface area (TPSA) is 110 Å². The summed E-state index contributed by atoms with van der Waals surface area (Å²) in [6.45, 7) is 0. The third-order valence-corrected chi connectivity index (χ3v) is 4.61. The lowest BCUT2D eigenvalue weighted by atomic mass is 10.2. The second-order valence-corrected chi connectivity index (χ2v) is 6.63. The number of aromatic nitrogens is 7. The number of hydrogen-bond donors (Lipinski definition) is 1. The van der Waals surface area contributed by atoms with Gasteiger partial charge in [0.25, 0.3) is 0 Å². The fourth-order valence-electron chi connectivity index (χ4n) is 3.18. The van der Waals surface area contributed by atoms with E-state index in [0.717, 1.165) is 22.8 Å². The normalized spacial score (nSPS) is 10.8. The Labute approximate surface area is 171 Å². The summed E-state index contributed by atoms with van der Waals surface area (Å²) in [5, 5.41) is 20.6. The lowest BCUT2D eigenvalue weighted by molar-refractivity contribution is 0.817. The Balaban J connectivity index is 1.54. The van der Waals surface area contributed by atoms with Crippen LogP contribution in [0.3, 0.4) is 0 Å². The average Bonchev–Trinajstić information content (AvgIpc) is 3.40. The maximum atomic E-state index is 9.08. The quantitative estimate of drug-likeness (QED) is 0.499. The molecule has 0 aliphatic carbocycles. The van der Waals surface area contributed by atoms with Crippen LogP contribution in [-0.4, -0.2) is 34.5 Å². The highest BCUT2D eigenvalue weighted by molar-refractivity contribution is 5.73. The molecule has 5 rings (SSSR count). The molecule has 9 heteroatoms. The van der Waals surface area contributed by atoms with Gasteiger partial charge in [-0.2, -0.15) is 14.9 Å². The number of anilines is 2. The van der Waals surface area contributed by atoms with Gasteiger partial charge >= 0.3 is 0 Å². The number of aryl methyl sites for hydroxylation is 1. The molecular weight excluding hydrogens is 378 g/mol. The van der Waals surface area contributed by atoms with Gasteiger partial charge in [0.2, 0.25) is 5.95 Å². The Bertz CT molecular complexity index is 1410. The molecule has 2 aromatic carbocycles. The van der Waals surface area contributed by atoms with Gasteiger partial charge in [-0.05, 0) is 30.3 Å². The van der Waals surface area contributed by atoms with Crippen LogP contribution < -0.4 is 5.32 Å². The summed E-state index contributed by atoms with van der Waals surface area (Å²) in [6, 6.07) is 17.1. The zero-order chi connectivity index (χ0) is 20.5. The fourth-order valence-corrected chi connectivity index (χ4v) is 3.18. The van der Waals surface area contributed by atoms with Gasteiger partial charge in [-0.3, -0.25) is 0 Å². The van der Waals surface area contributed by atoms with Crippen LogP contribution in [0.25, 0.3) is 28.2 Å². The van der Waals surface area contributed by atoms with Gasteiger partial charge in [-0.15, -0.1) is 5.10 Å². The monoisotopic (exact) mass is 393 g/mol. The Morgan fingerprint density at radius 2 is 1.97 bits per heavy atom. The van der Waals surface area contributed by atoms with Crippen LogP contribution in [0.2, 0.25) is 0 Å². The van der Waals surface area contributed by atoms with E-state index in [1.807, 2.05) is 48.1 Å². The van der Waals surface area contributed by atoms with Gasteiger partial charge in [-0.1, -0.05) is 23.4 Å². The second-order valence-electron chi connectivity index (χ2n) is 6.63. The van der Waals surface area contributed by atoms with E-state index in [-0.39, 0.29) is 0 Å². The summed E-state index contributed by atoms with van der Waals surface area (Å²) < 4.78 is 3.62. The molecule has 3 aromatic heterocycles. The average molecular weight is 393 g/mol. The standard InChI is InChI=1S/C21H15N9/c1-29-9-8-23-19(29)15-5-3-7-17(11-15)30-20-18(27-28-30)13-24-21(26-20)25-16-6-2-4-14(10-16)12-22/h2-11,13H,1H3,(H,24,25,26). The molecule has 0 aliphatic heterocycles. The number of rotatable bonds is 4. The Kier molecular flexibility index (Phi) is 4.15. The lowest BCUT2D eigenvalue weighted by Crippen LogP contribution is -2.02. The molecule has 0 radical (unpaired) electrons. The molecule has 3 heterocycles. The summed E-state index contributed by atoms with van der Waals surface area (Å²) in [5.74, 6) is 1.25. The van der Waals surface area contributed by atoms with Crippen LogP contribution in [0.1, 0.15) is 5.56 Å². The second kappa shape index (κ2) is 7.10. The maximum absolute atomic E-state index is 9.08. The molecule has 0 atom stereocenters. The van der Waals surface area contributed by atoms with Crippen molar-refractivity contribution in [2.24, 2.45) is 7.05 Å². The molecule has 5 aromatic rings. The van der Waals surface area contributed by atoms with E-state index in [1.165, 1.54) is 0 Å². The van der Waals surface area contributed by atoms with Crippen molar-refractivity contribution < 1.29 is 0 Å². The highest BCUT2D eigenvalue weighted by Crippen LogP contribution is 2.22. The van der Waals surface area contributed by atoms with Crippen molar-refractivity contribution in [3.05, 3.63) is 72.7 Å². The van der Waals surface area contributed by atoms with Crippen molar-refractivity contribution in [2.45, 2.75) is 0 Å². The maximum Gasteiger partial charge on any atom is 0.229 e. The fraction of sp³-hybridized carbons (Fsp3) is 0.0476. The predicted octanol–water partition coefficient (Wildman–Crippen LogP) is 3.23. The molecular formula is C21H15N9. The van der Waals surface area contributed by atoms with E-state index < -0.39 is 0 Å². The predicted molar refractivity (Wildman–Crippen MR) is 111 cm³/mol. The van der Waals surface area contributed by atoms with E-state index in [1.54, 1.807) is 35.3 Å². The number of nitrogens with zero attached hydrogens (tertiary/aromatic N) is 8. The largest absolute Gasteiger partial charge is 0.334 e. The molecule has 144 valence electrons. The van der Waals surface area contributed by atoms with Gasteiger partial charge < -0.3 is 9.88 Å². The van der Waals surface area contributed by atoms with Crippen LogP contribution >= 0.6 is 0 Å². The SMILES string of the molecule is Cn1ccnc1-c1cccc(-n2nnc3cnc(Nc4cccc(C#N)c4)nc32)c1. The minimum absolute atomic E-state index is 0.390. The molecule has 0 fully saturated rings. The van der Waals surface area contributed by atoms with Crippen LogP contribution in [0.4, 0.5) is 11.6 Å². The number of fused-ring (bicyclic) bond motifs is 1. The molecule has 0 amide bonds. The van der Waals surface area contributed by atoms with Crippen molar-refractivity contribution >= 4 is 22.8 Å². The first-order valence-corrected chi connectivity index (χ1v) is 9.15. The zero-order valence-electron chi connectivity index (χ0n) is 15.9. The summed E-state index contributed by atoms with van der Waals surface area (Å²) >= 11 is 0. The van der Waals surface area contributed by atoms with E-state index in [4.69, 9.17) is 5.26 Å². The van der Waals surface area contributed by atoms with E-state index in [2.05, 4.69) is 36.7 Å². The van der Waals surface area contributed by atoms with E-state index in [9.17, 15) is 0 Å². The highest BCUT2D eigenvalue weighted by Gasteiger charge is 2.12. The number of nitrogens with one attached hydrogen (secondary N) is 1. The van der Waals surface area contributed by atoms with E-state index in [0.29, 0.717) is 22.7 Å². The summed E-state index contributed by atoms with van der Waals surface area (Å²) in [7, 11) is 1.95. The van der Waals surface area contributed by atoms with Crippen molar-refractivity contribution in [1.29, 1.82) is 5.26 Å². The van der Waals surface area contributed by atoms with Crippen LogP contribution in [0.5, 0.6) is 0 Å². The van der Waals surface area contributed by atoms with Gasteiger partial charge in [0.05, 0.1) is 23.5 Å². The molecule has 0 saturated carbocycles. The zero-order valence-corrected chi connectivity index (χ0v) is 15.9. The van der Waals surface area contributed by atoms with Crippen molar-refractivity contribution in [2.75, 3.05) is 5.32 Å². The van der Waals surface area contributed by atoms with Gasteiger partial charge in [0.15, 0.2) is 11.2 Å². The number of hydrogen-bond acceptors (Lipinski definition) is 7. The molecule has 0 spiro atoms. The molecule has 1 N–H and O–H groups in total. The van der Waals surface area contributed by atoms with Gasteiger partial charge in [0, 0.05) is 30.7 Å². The Morgan fingerprint density at radius 3 is 2.80 bits per heavy atom. The molecule has 0 aliphatic rings. The molecule has 9 nitrogen and oxygen atoms in total. The number of benzene rings is 2. The number of imidazole rings is 1. The van der Waals surface area contributed by atoms with E-state index >= 15 is 0 Å². The third-order valence-electron chi connectivity index (χ3n) is 4.61. The Morgan fingerprint density at radius 1 is 1.07 bits per heavy atom. The third kappa shape index (κ3) is 3.12. The first kappa shape index (κ1) is 17.5. The molecule has 0 unspecified atom stereocenters. The minimum Gasteiger partial charge on any atom is -0.334 e. The van der Waals surface area contributed by atoms with Crippen molar-refractivity contribution in [3.8, 4) is 23.1 Å². The van der Waals surface area contributed by atoms with Crippen molar-refractivity contribution in [1.82, 2.24) is 34.5 Å².